The van der Waals surface area contributed by atoms with E-state index in [-0.39, 0.29) is 11.8 Å². The summed E-state index contributed by atoms with van der Waals surface area (Å²) in [5.41, 5.74) is 3.18. The van der Waals surface area contributed by atoms with Crippen molar-refractivity contribution < 1.29 is 19.1 Å². The maximum atomic E-state index is 13.2. The summed E-state index contributed by atoms with van der Waals surface area (Å²) in [6, 6.07) is 13.3. The zero-order chi connectivity index (χ0) is 21.5. The van der Waals surface area contributed by atoms with Gasteiger partial charge in [-0.15, -0.1) is 0 Å². The van der Waals surface area contributed by atoms with Crippen LogP contribution in [0.1, 0.15) is 36.5 Å². The van der Waals surface area contributed by atoms with Gasteiger partial charge in [0.2, 0.25) is 11.8 Å². The Labute approximate surface area is 178 Å². The van der Waals surface area contributed by atoms with Crippen LogP contribution in [0.15, 0.2) is 42.5 Å². The number of carbonyl (C=O) groups is 2. The number of amides is 2. The Morgan fingerprint density at radius 2 is 1.70 bits per heavy atom. The molecule has 0 unspecified atom stereocenters. The highest BCUT2D eigenvalue weighted by Gasteiger charge is 2.27. The minimum absolute atomic E-state index is 0.0408. The van der Waals surface area contributed by atoms with Crippen molar-refractivity contribution in [3.05, 3.63) is 59.2 Å². The summed E-state index contributed by atoms with van der Waals surface area (Å²) in [5.74, 6) is 1.28. The number of likely N-dealkylation sites (N-methyl/N-ethyl adjacent to an activating group) is 1. The van der Waals surface area contributed by atoms with Gasteiger partial charge in [0.25, 0.3) is 0 Å². The lowest BCUT2D eigenvalue weighted by Crippen LogP contribution is -2.48. The van der Waals surface area contributed by atoms with Crippen LogP contribution < -0.4 is 14.8 Å². The van der Waals surface area contributed by atoms with Gasteiger partial charge in [-0.2, -0.15) is 0 Å². The Kier molecular flexibility index (Phi) is 7.33. The van der Waals surface area contributed by atoms with Crippen molar-refractivity contribution in [2.24, 2.45) is 0 Å². The molecular weight excluding hydrogens is 380 g/mol. The van der Waals surface area contributed by atoms with Crippen molar-refractivity contribution in [3.8, 4) is 11.5 Å². The standard InChI is InChI=1S/C24H30N2O4/c1-4-20(24(28)25-3)26(16-19-7-5-17(2)6-8-19)23(27)12-10-18-9-11-21-22(15-18)30-14-13-29-21/h5-9,11,15,20H,4,10,12-14,16H2,1-3H3,(H,25,28)/t20-/m1/s1. The van der Waals surface area contributed by atoms with E-state index in [0.29, 0.717) is 39.0 Å². The average Bonchev–Trinajstić information content (AvgIpc) is 2.78. The number of hydrogen-bond acceptors (Lipinski definition) is 4. The molecule has 0 saturated carbocycles. The number of nitrogens with one attached hydrogen (secondary N) is 1. The first-order valence-electron chi connectivity index (χ1n) is 10.5. The highest BCUT2D eigenvalue weighted by molar-refractivity contribution is 5.87. The van der Waals surface area contributed by atoms with Gasteiger partial charge >= 0.3 is 0 Å². The number of rotatable bonds is 8. The third-order valence-electron chi connectivity index (χ3n) is 5.34. The lowest BCUT2D eigenvalue weighted by Gasteiger charge is -2.30. The molecule has 0 aliphatic carbocycles. The van der Waals surface area contributed by atoms with Gasteiger partial charge in [0.1, 0.15) is 19.3 Å². The predicted octanol–water partition coefficient (Wildman–Crippen LogP) is 3.25. The number of hydrogen-bond donors (Lipinski definition) is 1. The van der Waals surface area contributed by atoms with Crippen LogP contribution in [0.25, 0.3) is 0 Å². The maximum absolute atomic E-state index is 13.2. The van der Waals surface area contributed by atoms with Gasteiger partial charge in [0, 0.05) is 20.0 Å². The smallest absolute Gasteiger partial charge is 0.242 e. The van der Waals surface area contributed by atoms with E-state index in [1.807, 2.05) is 56.3 Å². The van der Waals surface area contributed by atoms with E-state index in [1.54, 1.807) is 11.9 Å². The SMILES string of the molecule is CC[C@H](C(=O)NC)N(Cc1ccc(C)cc1)C(=O)CCc1ccc2c(c1)OCCO2. The van der Waals surface area contributed by atoms with Crippen LogP contribution in [-0.2, 0) is 22.6 Å². The van der Waals surface area contributed by atoms with Crippen molar-refractivity contribution in [1.29, 1.82) is 0 Å². The molecule has 6 nitrogen and oxygen atoms in total. The average molecular weight is 411 g/mol. The molecule has 160 valence electrons. The molecule has 2 aromatic rings. The fourth-order valence-electron chi connectivity index (χ4n) is 3.61. The molecule has 0 aromatic heterocycles. The molecule has 1 aliphatic rings. The number of benzene rings is 2. The summed E-state index contributed by atoms with van der Waals surface area (Å²) in [7, 11) is 1.61. The van der Waals surface area contributed by atoms with Crippen LogP contribution in [0, 0.1) is 6.92 Å². The van der Waals surface area contributed by atoms with E-state index >= 15 is 0 Å². The molecule has 1 aliphatic heterocycles. The summed E-state index contributed by atoms with van der Waals surface area (Å²) in [6.07, 6.45) is 1.45. The summed E-state index contributed by atoms with van der Waals surface area (Å²) in [4.78, 5) is 27.3. The quantitative estimate of drug-likeness (QED) is 0.725. The van der Waals surface area contributed by atoms with Crippen LogP contribution in [-0.4, -0.2) is 43.0 Å². The van der Waals surface area contributed by atoms with Gasteiger partial charge in [0.05, 0.1) is 0 Å². The maximum Gasteiger partial charge on any atom is 0.242 e. The summed E-state index contributed by atoms with van der Waals surface area (Å²) >= 11 is 0. The van der Waals surface area contributed by atoms with Crippen LogP contribution in [0.5, 0.6) is 11.5 Å². The summed E-state index contributed by atoms with van der Waals surface area (Å²) < 4.78 is 11.2. The molecule has 2 amide bonds. The van der Waals surface area contributed by atoms with Crippen molar-refractivity contribution >= 4 is 11.8 Å². The van der Waals surface area contributed by atoms with Crippen LogP contribution in [0.2, 0.25) is 0 Å². The Balaban J connectivity index is 1.73. The number of aryl methyl sites for hydroxylation is 2. The molecule has 0 saturated heterocycles. The minimum atomic E-state index is -0.496. The Bertz CT molecular complexity index is 879. The third kappa shape index (κ3) is 5.32. The predicted molar refractivity (Wildman–Crippen MR) is 116 cm³/mol. The molecule has 1 heterocycles. The van der Waals surface area contributed by atoms with E-state index in [0.717, 1.165) is 28.2 Å². The summed E-state index contributed by atoms with van der Waals surface area (Å²) in [6.45, 7) is 5.45. The first-order chi connectivity index (χ1) is 14.5. The summed E-state index contributed by atoms with van der Waals surface area (Å²) in [5, 5.41) is 2.69. The lowest BCUT2D eigenvalue weighted by molar-refractivity contribution is -0.141. The van der Waals surface area contributed by atoms with Gasteiger partial charge in [-0.25, -0.2) is 0 Å². The molecule has 3 rings (SSSR count). The first-order valence-corrected chi connectivity index (χ1v) is 10.5. The highest BCUT2D eigenvalue weighted by atomic mass is 16.6. The fraction of sp³-hybridized carbons (Fsp3) is 0.417. The van der Waals surface area contributed by atoms with E-state index in [4.69, 9.17) is 9.47 Å². The number of nitrogens with zero attached hydrogens (tertiary/aromatic N) is 1. The number of ether oxygens (including phenoxy) is 2. The Morgan fingerprint density at radius 1 is 1.03 bits per heavy atom. The normalized spacial score (nSPS) is 13.4. The fourth-order valence-corrected chi connectivity index (χ4v) is 3.61. The first kappa shape index (κ1) is 21.7. The molecule has 6 heteroatoms. The molecule has 0 bridgehead atoms. The van der Waals surface area contributed by atoms with E-state index in [9.17, 15) is 9.59 Å². The zero-order valence-electron chi connectivity index (χ0n) is 17.9. The van der Waals surface area contributed by atoms with Crippen LogP contribution >= 0.6 is 0 Å². The van der Waals surface area contributed by atoms with Gasteiger partial charge in [0.15, 0.2) is 11.5 Å². The van der Waals surface area contributed by atoms with E-state index in [2.05, 4.69) is 5.32 Å². The Hall–Kier alpha value is -3.02. The van der Waals surface area contributed by atoms with Gasteiger partial charge < -0.3 is 19.7 Å². The molecule has 0 spiro atoms. The molecule has 2 aromatic carbocycles. The van der Waals surface area contributed by atoms with Crippen molar-refractivity contribution in [1.82, 2.24) is 10.2 Å². The molecular formula is C24H30N2O4. The zero-order valence-corrected chi connectivity index (χ0v) is 17.9. The highest BCUT2D eigenvalue weighted by Crippen LogP contribution is 2.31. The second kappa shape index (κ2) is 10.1. The van der Waals surface area contributed by atoms with Crippen LogP contribution in [0.4, 0.5) is 0 Å². The van der Waals surface area contributed by atoms with Crippen molar-refractivity contribution in [3.63, 3.8) is 0 Å². The molecule has 0 fully saturated rings. The van der Waals surface area contributed by atoms with Gasteiger partial charge in [-0.3, -0.25) is 9.59 Å². The van der Waals surface area contributed by atoms with Gasteiger partial charge in [-0.1, -0.05) is 42.8 Å². The van der Waals surface area contributed by atoms with Crippen molar-refractivity contribution in [2.45, 2.75) is 45.7 Å². The Morgan fingerprint density at radius 3 is 2.37 bits per heavy atom. The second-order valence-electron chi connectivity index (χ2n) is 7.52. The molecule has 30 heavy (non-hydrogen) atoms. The minimum Gasteiger partial charge on any atom is -0.486 e. The molecule has 1 atom stereocenters. The topological polar surface area (TPSA) is 67.9 Å². The molecule has 1 N–H and O–H groups in total. The third-order valence-corrected chi connectivity index (χ3v) is 5.34. The monoisotopic (exact) mass is 410 g/mol. The van der Waals surface area contributed by atoms with Crippen LogP contribution in [0.3, 0.4) is 0 Å². The largest absolute Gasteiger partial charge is 0.486 e. The van der Waals surface area contributed by atoms with E-state index in [1.165, 1.54) is 0 Å². The second-order valence-corrected chi connectivity index (χ2v) is 7.52. The van der Waals surface area contributed by atoms with Crippen molar-refractivity contribution in [2.75, 3.05) is 20.3 Å². The van der Waals surface area contributed by atoms with E-state index < -0.39 is 6.04 Å². The number of fused-ring (bicyclic) bond motifs is 1. The lowest BCUT2D eigenvalue weighted by atomic mass is 10.1. The number of carbonyl (C=O) groups excluding carboxylic acids is 2. The van der Waals surface area contributed by atoms with Gasteiger partial charge in [-0.05, 0) is 43.0 Å². The molecule has 0 radical (unpaired) electrons.